The number of cyclic esters (lactones) is 1. The van der Waals surface area contributed by atoms with E-state index in [4.69, 9.17) is 14.2 Å². The molecule has 0 amide bonds. The normalized spacial score (nSPS) is 26.0. The molecule has 0 aromatic rings. The number of carbonyl (C=O) groups is 1. The fraction of sp³-hybridized carbons (Fsp3) is 0.917. The van der Waals surface area contributed by atoms with Crippen LogP contribution in [0, 0.1) is 0 Å². The minimum atomic E-state index is -0.477. The molecule has 0 radical (unpaired) electrons. The standard InChI is InChI=1S/C36H64O7/c1-2-3-4-14-18-29(37)19-16-21-31(39)33-23-25-35(43-33)34-24-22-32(42-34)30(38)20-15-12-10-8-6-5-7-9-11-13-17-28-26-36(40)41-27-28/h26,29-35,37-39H,2-25,27H2,1H3/t29-,30-,31?,32?,33?,34?,35?/m1/s1. The molecule has 7 atom stereocenters. The van der Waals surface area contributed by atoms with Crippen LogP contribution in [0.25, 0.3) is 0 Å². The summed E-state index contributed by atoms with van der Waals surface area (Å²) in [6, 6.07) is 0. The molecular formula is C36H64O7. The van der Waals surface area contributed by atoms with E-state index in [-0.39, 0.29) is 36.5 Å². The number of rotatable bonds is 25. The van der Waals surface area contributed by atoms with Crippen molar-refractivity contribution in [3.05, 3.63) is 11.6 Å². The highest BCUT2D eigenvalue weighted by Crippen LogP contribution is 2.34. The molecule has 7 heteroatoms. The van der Waals surface area contributed by atoms with Crippen LogP contribution in [0.2, 0.25) is 0 Å². The van der Waals surface area contributed by atoms with E-state index in [9.17, 15) is 20.1 Å². The van der Waals surface area contributed by atoms with Crippen LogP contribution in [0.5, 0.6) is 0 Å². The predicted octanol–water partition coefficient (Wildman–Crippen LogP) is 7.47. The SMILES string of the molecule is CCCCCC[C@@H](O)CCCC(O)C1CCC(C2CCC([C@H](O)CCCCCCCCCCCCC3=CC(=O)OC3)O2)O1. The molecule has 5 unspecified atom stereocenters. The van der Waals surface area contributed by atoms with E-state index in [0.717, 1.165) is 82.6 Å². The van der Waals surface area contributed by atoms with E-state index in [1.807, 2.05) is 0 Å². The van der Waals surface area contributed by atoms with E-state index >= 15 is 0 Å². The summed E-state index contributed by atoms with van der Waals surface area (Å²) in [4.78, 5) is 11.1. The molecule has 3 aliphatic heterocycles. The van der Waals surface area contributed by atoms with E-state index in [1.54, 1.807) is 6.08 Å². The van der Waals surface area contributed by atoms with E-state index in [2.05, 4.69) is 6.92 Å². The quantitative estimate of drug-likeness (QED) is 0.0729. The molecule has 0 aliphatic carbocycles. The molecule has 0 spiro atoms. The molecule has 3 aliphatic rings. The Morgan fingerprint density at radius 1 is 0.651 bits per heavy atom. The lowest BCUT2D eigenvalue weighted by atomic mass is 9.99. The van der Waals surface area contributed by atoms with Crippen LogP contribution in [-0.4, -0.2) is 70.6 Å². The van der Waals surface area contributed by atoms with Gasteiger partial charge in [0.25, 0.3) is 0 Å². The lowest BCUT2D eigenvalue weighted by Crippen LogP contribution is -2.33. The molecule has 0 aromatic heterocycles. The van der Waals surface area contributed by atoms with Gasteiger partial charge in [-0.15, -0.1) is 0 Å². The monoisotopic (exact) mass is 608 g/mol. The van der Waals surface area contributed by atoms with Crippen LogP contribution in [0.4, 0.5) is 0 Å². The van der Waals surface area contributed by atoms with Crippen molar-refractivity contribution >= 4 is 5.97 Å². The largest absolute Gasteiger partial charge is 0.458 e. The van der Waals surface area contributed by atoms with Gasteiger partial charge in [0.15, 0.2) is 0 Å². The maximum atomic E-state index is 11.1. The number of ether oxygens (including phenoxy) is 3. The summed E-state index contributed by atoms with van der Waals surface area (Å²) in [6.07, 6.45) is 25.9. The Morgan fingerprint density at radius 2 is 1.14 bits per heavy atom. The second-order valence-corrected chi connectivity index (χ2v) is 13.6. The van der Waals surface area contributed by atoms with Gasteiger partial charge in [0, 0.05) is 6.08 Å². The van der Waals surface area contributed by atoms with E-state index in [1.165, 1.54) is 70.6 Å². The average Bonchev–Trinajstić information content (AvgIpc) is 3.77. The van der Waals surface area contributed by atoms with Crippen molar-refractivity contribution in [2.24, 2.45) is 0 Å². The van der Waals surface area contributed by atoms with Gasteiger partial charge >= 0.3 is 5.97 Å². The van der Waals surface area contributed by atoms with Crippen LogP contribution in [0.1, 0.15) is 161 Å². The van der Waals surface area contributed by atoms with Gasteiger partial charge in [-0.2, -0.15) is 0 Å². The molecule has 0 aromatic carbocycles. The predicted molar refractivity (Wildman–Crippen MR) is 171 cm³/mol. The number of aliphatic hydroxyl groups excluding tert-OH is 3. The highest BCUT2D eigenvalue weighted by atomic mass is 16.6. The van der Waals surface area contributed by atoms with Crippen molar-refractivity contribution in [1.82, 2.24) is 0 Å². The Labute approximate surface area is 262 Å². The minimum absolute atomic E-state index is 0.0194. The zero-order valence-corrected chi connectivity index (χ0v) is 27.3. The number of carbonyl (C=O) groups excluding carboxylic acids is 1. The van der Waals surface area contributed by atoms with Crippen molar-refractivity contribution in [1.29, 1.82) is 0 Å². The summed E-state index contributed by atoms with van der Waals surface area (Å²) in [5, 5.41) is 31.6. The van der Waals surface area contributed by atoms with Crippen LogP contribution >= 0.6 is 0 Å². The number of hydrogen-bond acceptors (Lipinski definition) is 7. The molecule has 0 bridgehead atoms. The van der Waals surface area contributed by atoms with Gasteiger partial charge in [0.2, 0.25) is 0 Å². The van der Waals surface area contributed by atoms with Crippen molar-refractivity contribution in [3.8, 4) is 0 Å². The van der Waals surface area contributed by atoms with E-state index in [0.29, 0.717) is 13.0 Å². The summed E-state index contributed by atoms with van der Waals surface area (Å²) in [7, 11) is 0. The lowest BCUT2D eigenvalue weighted by molar-refractivity contribution is -0.134. The van der Waals surface area contributed by atoms with Crippen molar-refractivity contribution < 1.29 is 34.3 Å². The number of unbranched alkanes of at least 4 members (excludes halogenated alkanes) is 12. The maximum absolute atomic E-state index is 11.1. The highest BCUT2D eigenvalue weighted by Gasteiger charge is 2.40. The smallest absolute Gasteiger partial charge is 0.331 e. The zero-order chi connectivity index (χ0) is 30.7. The Bertz CT molecular complexity index is 771. The maximum Gasteiger partial charge on any atom is 0.331 e. The first-order valence-corrected chi connectivity index (χ1v) is 18.2. The van der Waals surface area contributed by atoms with Gasteiger partial charge < -0.3 is 29.5 Å². The molecule has 3 N–H and O–H groups in total. The number of aliphatic hydroxyl groups is 3. The first kappa shape index (κ1) is 36.5. The fourth-order valence-electron chi connectivity index (χ4n) is 7.05. The molecule has 7 nitrogen and oxygen atoms in total. The molecule has 0 saturated carbocycles. The summed E-state index contributed by atoms with van der Waals surface area (Å²) in [5.74, 6) is -0.182. The molecule has 2 fully saturated rings. The lowest BCUT2D eigenvalue weighted by Gasteiger charge is -2.24. The average molecular weight is 609 g/mol. The van der Waals surface area contributed by atoms with Gasteiger partial charge in [-0.05, 0) is 76.2 Å². The van der Waals surface area contributed by atoms with Gasteiger partial charge in [0.05, 0.1) is 42.7 Å². The Kier molecular flexibility index (Phi) is 18.4. The van der Waals surface area contributed by atoms with Crippen LogP contribution in [0.15, 0.2) is 11.6 Å². The van der Waals surface area contributed by atoms with Crippen LogP contribution in [-0.2, 0) is 19.0 Å². The summed E-state index contributed by atoms with van der Waals surface area (Å²) >= 11 is 0. The molecular weight excluding hydrogens is 544 g/mol. The third-order valence-corrected chi connectivity index (χ3v) is 9.84. The molecule has 3 heterocycles. The van der Waals surface area contributed by atoms with Crippen molar-refractivity contribution in [3.63, 3.8) is 0 Å². The number of esters is 1. The minimum Gasteiger partial charge on any atom is -0.458 e. The Morgan fingerprint density at radius 3 is 1.70 bits per heavy atom. The van der Waals surface area contributed by atoms with E-state index < -0.39 is 12.2 Å². The highest BCUT2D eigenvalue weighted by molar-refractivity contribution is 5.85. The molecule has 43 heavy (non-hydrogen) atoms. The molecule has 3 rings (SSSR count). The fourth-order valence-corrected chi connectivity index (χ4v) is 7.05. The molecule has 2 saturated heterocycles. The summed E-state index contributed by atoms with van der Waals surface area (Å²) in [5.41, 5.74) is 1.15. The van der Waals surface area contributed by atoms with Gasteiger partial charge in [-0.25, -0.2) is 4.79 Å². The van der Waals surface area contributed by atoms with Crippen molar-refractivity contribution in [2.45, 2.75) is 204 Å². The van der Waals surface area contributed by atoms with Crippen molar-refractivity contribution in [2.75, 3.05) is 6.61 Å². The second-order valence-electron chi connectivity index (χ2n) is 13.6. The third-order valence-electron chi connectivity index (χ3n) is 9.84. The topological polar surface area (TPSA) is 105 Å². The Balaban J connectivity index is 1.13. The van der Waals surface area contributed by atoms with Gasteiger partial charge in [0.1, 0.15) is 6.61 Å². The Hall–Kier alpha value is -0.990. The summed E-state index contributed by atoms with van der Waals surface area (Å²) < 4.78 is 17.5. The second kappa shape index (κ2) is 21.7. The van der Waals surface area contributed by atoms with Gasteiger partial charge in [-0.3, -0.25) is 0 Å². The third kappa shape index (κ3) is 14.8. The summed E-state index contributed by atoms with van der Waals surface area (Å²) in [6.45, 7) is 2.70. The molecule has 250 valence electrons. The first-order valence-electron chi connectivity index (χ1n) is 18.2. The first-order chi connectivity index (χ1) is 21.0. The van der Waals surface area contributed by atoms with Crippen LogP contribution < -0.4 is 0 Å². The number of hydrogen-bond donors (Lipinski definition) is 3. The van der Waals surface area contributed by atoms with Crippen LogP contribution in [0.3, 0.4) is 0 Å². The zero-order valence-electron chi connectivity index (χ0n) is 27.3. The van der Waals surface area contributed by atoms with Gasteiger partial charge in [-0.1, -0.05) is 90.4 Å².